The van der Waals surface area contributed by atoms with Crippen LogP contribution in [0.15, 0.2) is 10.3 Å². The summed E-state index contributed by atoms with van der Waals surface area (Å²) in [7, 11) is 1.35. The van der Waals surface area contributed by atoms with Gasteiger partial charge in [0.1, 0.15) is 5.60 Å². The molecule has 0 aromatic heterocycles. The number of hydrogen-bond acceptors (Lipinski definition) is 6. The van der Waals surface area contributed by atoms with Gasteiger partial charge in [0, 0.05) is 6.08 Å². The van der Waals surface area contributed by atoms with Crippen LogP contribution in [0.3, 0.4) is 0 Å². The minimum absolute atomic E-state index is 0.251. The van der Waals surface area contributed by atoms with Gasteiger partial charge in [-0.05, 0) is 20.8 Å². The summed E-state index contributed by atoms with van der Waals surface area (Å²) in [6, 6.07) is 0. The third-order valence-corrected chi connectivity index (χ3v) is 4.15. The van der Waals surface area contributed by atoms with Crippen LogP contribution in [0, 0.1) is 0 Å². The molecular weight excluding hydrogens is 248 g/mol. The third kappa shape index (κ3) is 4.09. The number of rotatable bonds is 2. The molecule has 0 radical (unpaired) electrons. The molecule has 1 rings (SSSR count). The van der Waals surface area contributed by atoms with Crippen LogP contribution in [0.25, 0.3) is 0 Å². The van der Waals surface area contributed by atoms with E-state index >= 15 is 0 Å². The Morgan fingerprint density at radius 3 is 2.31 bits per heavy atom. The molecule has 1 fully saturated rings. The molecule has 0 spiro atoms. The first kappa shape index (κ1) is 13.4. The Morgan fingerprint density at radius 2 is 1.88 bits per heavy atom. The van der Waals surface area contributed by atoms with Crippen molar-refractivity contribution < 1.29 is 19.1 Å². The van der Waals surface area contributed by atoms with Crippen molar-refractivity contribution in [1.29, 1.82) is 0 Å². The lowest BCUT2D eigenvalue weighted by Crippen LogP contribution is -2.24. The van der Waals surface area contributed by atoms with Gasteiger partial charge in [-0.1, -0.05) is 23.5 Å². The number of ether oxygens (including phenoxy) is 2. The third-order valence-electron chi connectivity index (χ3n) is 1.48. The van der Waals surface area contributed by atoms with Gasteiger partial charge < -0.3 is 9.47 Å². The Kier molecular flexibility index (Phi) is 4.32. The average molecular weight is 262 g/mol. The van der Waals surface area contributed by atoms with Crippen molar-refractivity contribution in [2.75, 3.05) is 7.11 Å². The number of carbonyl (C=O) groups excluding carboxylic acids is 2. The Labute approximate surface area is 103 Å². The Bertz CT molecular complexity index is 322. The molecule has 4 nitrogen and oxygen atoms in total. The van der Waals surface area contributed by atoms with Crippen molar-refractivity contribution in [3.05, 3.63) is 10.3 Å². The second-order valence-corrected chi connectivity index (χ2v) is 6.94. The molecule has 0 aromatic rings. The van der Waals surface area contributed by atoms with Gasteiger partial charge in [-0.3, -0.25) is 0 Å². The Balaban J connectivity index is 2.40. The van der Waals surface area contributed by atoms with Crippen molar-refractivity contribution in [3.63, 3.8) is 0 Å². The normalized spacial score (nSPS) is 19.8. The molecule has 0 unspecified atom stereocenters. The lowest BCUT2D eigenvalue weighted by Gasteiger charge is -2.25. The first-order chi connectivity index (χ1) is 7.31. The zero-order valence-electron chi connectivity index (χ0n) is 9.60. The minimum atomic E-state index is -0.491. The molecule has 1 aliphatic heterocycles. The summed E-state index contributed by atoms with van der Waals surface area (Å²) in [4.78, 5) is 22.4. The zero-order valence-corrected chi connectivity index (χ0v) is 11.2. The summed E-state index contributed by atoms with van der Waals surface area (Å²) in [5, 5.41) is 0. The number of thioether (sulfide) groups is 2. The summed E-state index contributed by atoms with van der Waals surface area (Å²) >= 11 is 2.62. The predicted octanol–water partition coefficient (Wildman–Crippen LogP) is 2.15. The van der Waals surface area contributed by atoms with Gasteiger partial charge in [-0.25, -0.2) is 9.59 Å². The molecule has 1 saturated heterocycles. The van der Waals surface area contributed by atoms with Crippen molar-refractivity contribution >= 4 is 35.5 Å². The van der Waals surface area contributed by atoms with Gasteiger partial charge in [-0.15, -0.1) is 0 Å². The molecule has 0 amide bonds. The van der Waals surface area contributed by atoms with Crippen molar-refractivity contribution in [2.45, 2.75) is 31.0 Å². The minimum Gasteiger partial charge on any atom is -0.468 e. The van der Waals surface area contributed by atoms with Gasteiger partial charge in [-0.2, -0.15) is 0 Å². The number of esters is 2. The van der Waals surface area contributed by atoms with E-state index in [0.29, 0.717) is 0 Å². The number of methoxy groups -OCH3 is 1. The number of carbonyl (C=O) groups is 2. The summed E-state index contributed by atoms with van der Waals surface area (Å²) in [6.45, 7) is 5.42. The zero-order chi connectivity index (χ0) is 12.3. The van der Waals surface area contributed by atoms with Gasteiger partial charge in [0.15, 0.2) is 4.58 Å². The van der Waals surface area contributed by atoms with E-state index in [2.05, 4.69) is 4.74 Å². The van der Waals surface area contributed by atoms with E-state index in [9.17, 15) is 9.59 Å². The quantitative estimate of drug-likeness (QED) is 0.561. The van der Waals surface area contributed by atoms with E-state index in [1.54, 1.807) is 0 Å². The summed E-state index contributed by atoms with van der Waals surface area (Å²) < 4.78 is 10.2. The molecule has 0 atom stereocenters. The molecule has 0 bridgehead atoms. The molecule has 0 saturated carbocycles. The predicted molar refractivity (Wildman–Crippen MR) is 64.9 cm³/mol. The summed E-state index contributed by atoms with van der Waals surface area (Å²) in [5.41, 5.74) is -0.491. The first-order valence-corrected chi connectivity index (χ1v) is 6.43. The molecular formula is C10H14O4S2. The highest BCUT2D eigenvalue weighted by Gasteiger charge is 2.33. The highest BCUT2D eigenvalue weighted by Crippen LogP contribution is 2.51. The second-order valence-electron chi connectivity index (χ2n) is 4.09. The molecule has 6 heteroatoms. The lowest BCUT2D eigenvalue weighted by atomic mass is 10.2. The van der Waals surface area contributed by atoms with E-state index in [0.717, 1.165) is 4.24 Å². The second kappa shape index (κ2) is 5.14. The molecule has 1 aliphatic rings. The average Bonchev–Trinajstić information content (AvgIpc) is 2.06. The molecule has 16 heavy (non-hydrogen) atoms. The smallest absolute Gasteiger partial charge is 0.332 e. The van der Waals surface area contributed by atoms with Crippen LogP contribution in [0.1, 0.15) is 20.8 Å². The largest absolute Gasteiger partial charge is 0.468 e. The van der Waals surface area contributed by atoms with E-state index in [1.807, 2.05) is 20.8 Å². The van der Waals surface area contributed by atoms with Crippen LogP contribution in [-0.2, 0) is 19.1 Å². The Hall–Kier alpha value is -0.620. The van der Waals surface area contributed by atoms with Crippen LogP contribution in [-0.4, -0.2) is 29.2 Å². The monoisotopic (exact) mass is 262 g/mol. The maximum absolute atomic E-state index is 11.4. The molecule has 90 valence electrons. The summed E-state index contributed by atoms with van der Waals surface area (Å²) in [6.07, 6.45) is 1.40. The van der Waals surface area contributed by atoms with Crippen LogP contribution >= 0.6 is 23.5 Å². The fourth-order valence-electron chi connectivity index (χ4n) is 0.908. The van der Waals surface area contributed by atoms with Crippen molar-refractivity contribution in [1.82, 2.24) is 0 Å². The van der Waals surface area contributed by atoms with Gasteiger partial charge in [0.25, 0.3) is 0 Å². The fourth-order valence-corrected chi connectivity index (χ4v) is 2.97. The van der Waals surface area contributed by atoms with Crippen LogP contribution in [0.2, 0.25) is 0 Å². The molecule has 0 aliphatic carbocycles. The lowest BCUT2D eigenvalue weighted by molar-refractivity contribution is -0.148. The maximum atomic E-state index is 11.4. The Morgan fingerprint density at radius 1 is 1.31 bits per heavy atom. The number of hydrogen-bond donors (Lipinski definition) is 0. The van der Waals surface area contributed by atoms with E-state index in [4.69, 9.17) is 4.74 Å². The van der Waals surface area contributed by atoms with E-state index in [-0.39, 0.29) is 16.5 Å². The van der Waals surface area contributed by atoms with Crippen LogP contribution in [0.5, 0.6) is 0 Å². The van der Waals surface area contributed by atoms with Crippen molar-refractivity contribution in [2.24, 2.45) is 0 Å². The standard InChI is InChI=1S/C10H14O4S2/c1-10(2,3)14-6(11)5-7-15-9(16-7)8(12)13-4/h5,9H,1-4H3. The van der Waals surface area contributed by atoms with Crippen LogP contribution in [0.4, 0.5) is 0 Å². The SMILES string of the molecule is COC(=O)C1SC(=CC(=O)OC(C)(C)C)S1. The molecule has 0 aromatic carbocycles. The molecule has 0 N–H and O–H groups in total. The van der Waals surface area contributed by atoms with Crippen molar-refractivity contribution in [3.8, 4) is 0 Å². The topological polar surface area (TPSA) is 52.6 Å². The highest BCUT2D eigenvalue weighted by molar-refractivity contribution is 8.39. The van der Waals surface area contributed by atoms with Crippen LogP contribution < -0.4 is 0 Å². The fraction of sp³-hybridized carbons (Fsp3) is 0.600. The first-order valence-electron chi connectivity index (χ1n) is 4.67. The summed E-state index contributed by atoms with van der Waals surface area (Å²) in [5.74, 6) is -0.665. The van der Waals surface area contributed by atoms with Gasteiger partial charge >= 0.3 is 11.9 Å². The highest BCUT2D eigenvalue weighted by atomic mass is 32.3. The maximum Gasteiger partial charge on any atom is 0.332 e. The van der Waals surface area contributed by atoms with Gasteiger partial charge in [0.05, 0.1) is 11.3 Å². The van der Waals surface area contributed by atoms with E-state index in [1.165, 1.54) is 36.7 Å². The van der Waals surface area contributed by atoms with E-state index < -0.39 is 5.60 Å². The molecule has 1 heterocycles. The van der Waals surface area contributed by atoms with Gasteiger partial charge in [0.2, 0.25) is 0 Å².